The van der Waals surface area contributed by atoms with Crippen molar-refractivity contribution in [3.05, 3.63) is 78.4 Å². The number of fused-ring (bicyclic) bond motifs is 1. The van der Waals surface area contributed by atoms with Crippen LogP contribution in [0.4, 0.5) is 11.4 Å². The van der Waals surface area contributed by atoms with Gasteiger partial charge in [0.15, 0.2) is 6.61 Å². The topological polar surface area (TPSA) is 154 Å². The smallest absolute Gasteiger partial charge is 0.327 e. The summed E-state index contributed by atoms with van der Waals surface area (Å²) in [5, 5.41) is 14.8. The second kappa shape index (κ2) is 18.7. The monoisotopic (exact) mass is 756 g/mol. The van der Waals surface area contributed by atoms with E-state index >= 15 is 0 Å². The van der Waals surface area contributed by atoms with E-state index in [2.05, 4.69) is 34.1 Å². The quantitative estimate of drug-likeness (QED) is 0.112. The highest BCUT2D eigenvalue weighted by atomic mass is 32.2. The molecule has 0 fully saturated rings. The van der Waals surface area contributed by atoms with E-state index < -0.39 is 52.0 Å². The SMILES string of the molecule is CCCCC1(CCCC)CN(c2ccccc2)c2cc(SC)c(OCC(=O)N[C@@H](C(=O)NC(CSC)C(=O)O)c3ccccc3)cc2S(=O)(=O)N1. The second-order valence-corrected chi connectivity index (χ2v) is 15.9. The standard InChI is InChI=1S/C37H48N4O7S3/c1-5-7-19-37(20-8-6-2)25-41(27-17-13-10-14-18-27)29-21-31(50-4)30(22-32(29)51(46,47)40-37)48-23-33(42)39-34(26-15-11-9-12-16-26)35(43)38-28(24-49-3)36(44)45/h9-18,21-22,28,34,40H,5-8,19-20,23-25H2,1-4H3,(H,38,43)(H,39,42)(H,44,45)/t28?,34-/m1/s1. The van der Waals surface area contributed by atoms with Gasteiger partial charge in [-0.05, 0) is 49.1 Å². The number of hydrogen-bond acceptors (Lipinski definition) is 9. The van der Waals surface area contributed by atoms with Crippen molar-refractivity contribution in [1.82, 2.24) is 15.4 Å². The van der Waals surface area contributed by atoms with Gasteiger partial charge in [0, 0.05) is 24.1 Å². The number of nitrogens with one attached hydrogen (secondary N) is 3. The van der Waals surface area contributed by atoms with E-state index in [0.29, 0.717) is 35.5 Å². The average Bonchev–Trinajstić information content (AvgIpc) is 3.22. The molecule has 14 heteroatoms. The summed E-state index contributed by atoms with van der Waals surface area (Å²) in [6, 6.07) is 19.2. The Bertz CT molecular complexity index is 1740. The molecule has 2 amide bonds. The Morgan fingerprint density at radius 1 is 0.961 bits per heavy atom. The van der Waals surface area contributed by atoms with Crippen molar-refractivity contribution in [2.24, 2.45) is 0 Å². The summed E-state index contributed by atoms with van der Waals surface area (Å²) < 4.78 is 37.7. The van der Waals surface area contributed by atoms with Gasteiger partial charge in [-0.25, -0.2) is 17.9 Å². The molecule has 1 aliphatic heterocycles. The minimum absolute atomic E-state index is 0.0458. The van der Waals surface area contributed by atoms with Crippen LogP contribution in [-0.4, -0.2) is 74.3 Å². The zero-order valence-electron chi connectivity index (χ0n) is 29.5. The van der Waals surface area contributed by atoms with E-state index in [1.807, 2.05) is 36.6 Å². The Balaban J connectivity index is 1.67. The number of carbonyl (C=O) groups excluding carboxylic acids is 2. The minimum Gasteiger partial charge on any atom is -0.483 e. The van der Waals surface area contributed by atoms with Crippen LogP contribution in [0.2, 0.25) is 0 Å². The van der Waals surface area contributed by atoms with Gasteiger partial charge in [0.1, 0.15) is 22.7 Å². The van der Waals surface area contributed by atoms with Gasteiger partial charge in [-0.3, -0.25) is 9.59 Å². The zero-order valence-corrected chi connectivity index (χ0v) is 32.0. The number of anilines is 2. The molecule has 11 nitrogen and oxygen atoms in total. The van der Waals surface area contributed by atoms with Crippen LogP contribution in [0.1, 0.15) is 64.0 Å². The molecule has 0 saturated heterocycles. The highest BCUT2D eigenvalue weighted by Crippen LogP contribution is 2.44. The highest BCUT2D eigenvalue weighted by molar-refractivity contribution is 7.98. The third kappa shape index (κ3) is 10.4. The number of carboxylic acids is 1. The van der Waals surface area contributed by atoms with Gasteiger partial charge in [-0.15, -0.1) is 11.8 Å². The summed E-state index contributed by atoms with van der Waals surface area (Å²) in [6.45, 7) is 4.12. The summed E-state index contributed by atoms with van der Waals surface area (Å²) in [7, 11) is -4.05. The first-order chi connectivity index (χ1) is 24.5. The molecular weight excluding hydrogens is 709 g/mol. The van der Waals surface area contributed by atoms with E-state index in [1.165, 1.54) is 29.6 Å². The lowest BCUT2D eigenvalue weighted by Gasteiger charge is -2.37. The van der Waals surface area contributed by atoms with E-state index in [1.54, 1.807) is 42.7 Å². The molecule has 3 aromatic rings. The van der Waals surface area contributed by atoms with Gasteiger partial charge in [-0.2, -0.15) is 11.8 Å². The van der Waals surface area contributed by atoms with Crippen LogP contribution >= 0.6 is 23.5 Å². The molecule has 0 aromatic heterocycles. The number of amides is 2. The Kier molecular flexibility index (Phi) is 14.7. The number of nitrogens with zero attached hydrogens (tertiary/aromatic N) is 1. The number of unbranched alkanes of at least 4 members (excludes halogenated alkanes) is 2. The lowest BCUT2D eigenvalue weighted by atomic mass is 9.87. The molecule has 1 aliphatic rings. The molecule has 4 N–H and O–H groups in total. The molecule has 3 aromatic carbocycles. The summed E-state index contributed by atoms with van der Waals surface area (Å²) >= 11 is 2.63. The number of thioether (sulfide) groups is 2. The summed E-state index contributed by atoms with van der Waals surface area (Å²) in [5.41, 5.74) is 1.13. The molecule has 0 bridgehead atoms. The van der Waals surface area contributed by atoms with E-state index in [-0.39, 0.29) is 16.4 Å². The van der Waals surface area contributed by atoms with Crippen LogP contribution in [0.25, 0.3) is 0 Å². The van der Waals surface area contributed by atoms with Crippen molar-refractivity contribution in [1.29, 1.82) is 0 Å². The summed E-state index contributed by atoms with van der Waals surface area (Å²) in [6.07, 6.45) is 8.52. The predicted octanol–water partition coefficient (Wildman–Crippen LogP) is 6.13. The van der Waals surface area contributed by atoms with E-state index in [9.17, 15) is 27.9 Å². The van der Waals surface area contributed by atoms with Crippen LogP contribution in [0.15, 0.2) is 82.6 Å². The van der Waals surface area contributed by atoms with Gasteiger partial charge in [0.2, 0.25) is 15.9 Å². The Labute approximate surface area is 309 Å². The fourth-order valence-corrected chi connectivity index (χ4v) is 8.89. The van der Waals surface area contributed by atoms with Gasteiger partial charge >= 0.3 is 5.97 Å². The first kappa shape index (κ1) is 40.1. The molecule has 1 unspecified atom stereocenters. The van der Waals surface area contributed by atoms with E-state index in [0.717, 1.165) is 31.4 Å². The molecule has 4 rings (SSSR count). The maximum absolute atomic E-state index is 14.3. The van der Waals surface area contributed by atoms with Crippen molar-refractivity contribution in [2.45, 2.75) is 79.8 Å². The molecule has 0 saturated carbocycles. The third-order valence-corrected chi connectivity index (χ3v) is 11.8. The summed E-state index contributed by atoms with van der Waals surface area (Å²) in [4.78, 5) is 41.2. The lowest BCUT2D eigenvalue weighted by molar-refractivity contribution is -0.141. The molecule has 0 aliphatic carbocycles. The number of benzene rings is 3. The molecule has 2 atom stereocenters. The molecule has 0 radical (unpaired) electrons. The van der Waals surface area contributed by atoms with Crippen LogP contribution in [0.3, 0.4) is 0 Å². The fraction of sp³-hybridized carbons (Fsp3) is 0.432. The fourth-order valence-electron chi connectivity index (χ4n) is 6.13. The maximum Gasteiger partial charge on any atom is 0.327 e. The van der Waals surface area contributed by atoms with E-state index in [4.69, 9.17) is 4.74 Å². The number of hydrogen-bond donors (Lipinski definition) is 4. The normalized spacial score (nSPS) is 15.9. The van der Waals surface area contributed by atoms with Crippen LogP contribution in [0.5, 0.6) is 5.75 Å². The maximum atomic E-state index is 14.3. The number of rotatable bonds is 18. The van der Waals surface area contributed by atoms with Crippen molar-refractivity contribution in [3.63, 3.8) is 0 Å². The predicted molar refractivity (Wildman–Crippen MR) is 205 cm³/mol. The number of sulfonamides is 1. The van der Waals surface area contributed by atoms with Crippen molar-refractivity contribution < 1.29 is 32.6 Å². The zero-order chi connectivity index (χ0) is 37.0. The van der Waals surface area contributed by atoms with Crippen LogP contribution in [-0.2, 0) is 24.4 Å². The van der Waals surface area contributed by atoms with Crippen LogP contribution in [0, 0.1) is 0 Å². The number of para-hydroxylation sites is 1. The number of ether oxygens (including phenoxy) is 1. The largest absolute Gasteiger partial charge is 0.483 e. The van der Waals surface area contributed by atoms with Gasteiger partial charge < -0.3 is 25.4 Å². The van der Waals surface area contributed by atoms with Gasteiger partial charge in [0.05, 0.1) is 16.1 Å². The Hall–Kier alpha value is -3.72. The Morgan fingerprint density at radius 2 is 1.59 bits per heavy atom. The van der Waals surface area contributed by atoms with Crippen LogP contribution < -0.4 is 25.0 Å². The molecule has 0 spiro atoms. The summed E-state index contributed by atoms with van der Waals surface area (Å²) in [5.74, 6) is -2.17. The highest BCUT2D eigenvalue weighted by Gasteiger charge is 2.42. The molecule has 1 heterocycles. The van der Waals surface area contributed by atoms with Crippen molar-refractivity contribution in [3.8, 4) is 5.75 Å². The minimum atomic E-state index is -4.05. The molecule has 51 heavy (non-hydrogen) atoms. The number of aliphatic carboxylic acids is 1. The first-order valence-corrected chi connectivity index (χ1v) is 21.2. The lowest BCUT2D eigenvalue weighted by Crippen LogP contribution is -2.53. The number of carboxylic acid groups (broad SMARTS) is 1. The molecular formula is C37H48N4O7S3. The van der Waals surface area contributed by atoms with Crippen molar-refractivity contribution >= 4 is 62.7 Å². The number of carbonyl (C=O) groups is 3. The first-order valence-electron chi connectivity index (χ1n) is 17.0. The average molecular weight is 757 g/mol. The van der Waals surface area contributed by atoms with Gasteiger partial charge in [0.25, 0.3) is 5.91 Å². The third-order valence-electron chi connectivity index (χ3n) is 8.73. The Morgan fingerprint density at radius 3 is 2.16 bits per heavy atom. The second-order valence-electron chi connectivity index (χ2n) is 12.5. The van der Waals surface area contributed by atoms with Crippen molar-refractivity contribution in [2.75, 3.05) is 36.3 Å². The van der Waals surface area contributed by atoms with Gasteiger partial charge in [-0.1, -0.05) is 88.1 Å². The molecule has 276 valence electrons.